The summed E-state index contributed by atoms with van der Waals surface area (Å²) < 4.78 is 46.7. The van der Waals surface area contributed by atoms with Gasteiger partial charge in [-0.1, -0.05) is 38.1 Å². The van der Waals surface area contributed by atoms with Crippen molar-refractivity contribution in [1.29, 1.82) is 0 Å². The lowest BCUT2D eigenvalue weighted by molar-refractivity contribution is -0.346. The number of fused-ring (bicyclic) bond motifs is 5. The molecule has 3 aliphatic carbocycles. The van der Waals surface area contributed by atoms with Crippen molar-refractivity contribution in [2.75, 3.05) is 33.0 Å². The molecular weight excluding hydrogens is 871 g/mol. The Morgan fingerprint density at radius 1 is 0.938 bits per heavy atom. The van der Waals surface area contributed by atoms with Crippen molar-refractivity contribution in [3.8, 4) is 0 Å². The first-order valence-corrected chi connectivity index (χ1v) is 22.5. The second kappa shape index (κ2) is 19.6. The van der Waals surface area contributed by atoms with Gasteiger partial charge >= 0.3 is 30.0 Å². The average molecular weight is 930 g/mol. The number of Topliss-reactive ketones (excluding diaryl/α,β-unsaturated/α-hetero) is 1. The zero-order chi connectivity index (χ0) is 47.6. The van der Waals surface area contributed by atoms with Crippen LogP contribution in [0.1, 0.15) is 89.5 Å². The topological polar surface area (TPSA) is 249 Å². The second-order valence-electron chi connectivity index (χ2n) is 17.6. The number of rotatable bonds is 16. The Hall–Kier alpha value is -4.76. The molecule has 3 fully saturated rings. The molecule has 1 aromatic carbocycles. The van der Waals surface area contributed by atoms with E-state index in [2.05, 4.69) is 5.32 Å². The van der Waals surface area contributed by atoms with Crippen molar-refractivity contribution in [1.82, 2.24) is 5.32 Å². The maximum absolute atomic E-state index is 15.5. The van der Waals surface area contributed by atoms with Gasteiger partial charge in [-0.15, -0.1) is 11.3 Å². The minimum atomic E-state index is -2.41. The normalized spacial score (nSPS) is 31.1. The molecule has 2 heterocycles. The highest BCUT2D eigenvalue weighted by atomic mass is 32.1. The van der Waals surface area contributed by atoms with E-state index in [4.69, 9.17) is 37.9 Å². The Kier molecular flexibility index (Phi) is 15.0. The molecule has 1 aromatic heterocycles. The highest BCUT2D eigenvalue weighted by molar-refractivity contribution is 7.10. The number of ether oxygens (including phenoxy) is 8. The predicted molar refractivity (Wildman–Crippen MR) is 228 cm³/mol. The predicted octanol–water partition coefficient (Wildman–Crippen LogP) is 3.54. The molecule has 2 bridgehead atoms. The Bertz CT molecular complexity index is 2120. The molecular formula is C46H59NO17S. The lowest BCUT2D eigenvalue weighted by atomic mass is 9.44. The van der Waals surface area contributed by atoms with Crippen LogP contribution in [0.2, 0.25) is 0 Å². The number of hydrogen-bond donors (Lipinski definition) is 4. The van der Waals surface area contributed by atoms with Gasteiger partial charge in [-0.3, -0.25) is 14.4 Å². The first-order valence-electron chi connectivity index (χ1n) is 21.6. The Morgan fingerprint density at radius 3 is 2.15 bits per heavy atom. The van der Waals surface area contributed by atoms with Crippen LogP contribution in [0.4, 0.5) is 4.79 Å². The summed E-state index contributed by atoms with van der Waals surface area (Å²) in [6, 6.07) is 9.61. The molecule has 0 spiro atoms. The smallest absolute Gasteiger partial charge is 0.408 e. The number of esters is 4. The fourth-order valence-corrected chi connectivity index (χ4v) is 10.9. The minimum absolute atomic E-state index is 0.0141. The van der Waals surface area contributed by atoms with Crippen LogP contribution in [-0.2, 0) is 57.1 Å². The first kappa shape index (κ1) is 49.7. The van der Waals surface area contributed by atoms with Crippen LogP contribution in [0.5, 0.6) is 0 Å². The summed E-state index contributed by atoms with van der Waals surface area (Å²) >= 11 is 1.12. The number of carbonyl (C=O) groups excluding carboxylic acids is 6. The van der Waals surface area contributed by atoms with Crippen LogP contribution in [0.15, 0.2) is 59.0 Å². The van der Waals surface area contributed by atoms with Gasteiger partial charge in [0.05, 0.1) is 42.8 Å². The van der Waals surface area contributed by atoms with Crippen LogP contribution in [0.3, 0.4) is 0 Å². The molecule has 1 aliphatic heterocycles. The van der Waals surface area contributed by atoms with Crippen molar-refractivity contribution in [2.45, 2.75) is 128 Å². The van der Waals surface area contributed by atoms with Gasteiger partial charge < -0.3 is 58.5 Å². The van der Waals surface area contributed by atoms with Crippen LogP contribution >= 0.6 is 11.3 Å². The molecule has 2 aromatic rings. The zero-order valence-electron chi connectivity index (χ0n) is 37.7. The molecule has 65 heavy (non-hydrogen) atoms. The Balaban J connectivity index is 1.47. The van der Waals surface area contributed by atoms with Gasteiger partial charge in [0.25, 0.3) is 0 Å². The molecule has 11 atom stereocenters. The number of amides is 1. The SMILES string of the molecule is CCOCC(COCC)OC(=O)NC(c1cccs1)C(O)C(=O)OC1CC2(O)C(OC(=O)c3ccccc3)C3[C@]4(OC(C)=O)COC4CC(O)[C@@]3(C)C(=O)C(OC(C)=O)C(=C1C)C2(C)C. The number of nitrogens with one attached hydrogen (secondary N) is 1. The monoisotopic (exact) mass is 929 g/mol. The van der Waals surface area contributed by atoms with E-state index < -0.39 is 119 Å². The molecule has 1 amide bonds. The number of alkyl carbamates (subject to hydrolysis) is 1. The van der Waals surface area contributed by atoms with E-state index in [0.29, 0.717) is 18.1 Å². The van der Waals surface area contributed by atoms with Gasteiger partial charge in [0.1, 0.15) is 30.0 Å². The Morgan fingerprint density at radius 2 is 1.60 bits per heavy atom. The highest BCUT2D eigenvalue weighted by Gasteiger charge is 2.78. The standard InChI is InChI=1S/C46H59NO17S/c1-9-57-21-28(22-58-10-2)61-42(55)47-34(30-17-14-18-65-30)35(51)41(54)62-29-20-46(56)39(63-40(53)27-15-12-11-13-16-27)37-44(8,31(50)19-32-45(37,23-59-32)64-26(5)49)38(52)36(60-25(4)48)33(24(29)3)43(46,6)7/h11-18,28-29,31-32,34-37,39,50-51,56H,9-10,19-23H2,1-8H3,(H,47,55)/t29?,31?,32?,34?,35?,36?,37?,39?,44-,45+,46?/m1/s1. The maximum atomic E-state index is 15.5. The fraction of sp³-hybridized carbons (Fsp3) is 0.609. The van der Waals surface area contributed by atoms with Crippen LogP contribution < -0.4 is 5.32 Å². The van der Waals surface area contributed by atoms with Crippen LogP contribution in [0, 0.1) is 16.7 Å². The van der Waals surface area contributed by atoms with Gasteiger partial charge in [0.15, 0.2) is 29.7 Å². The van der Waals surface area contributed by atoms with E-state index in [1.165, 1.54) is 26.0 Å². The van der Waals surface area contributed by atoms with E-state index in [0.717, 1.165) is 25.2 Å². The van der Waals surface area contributed by atoms with Gasteiger partial charge in [0, 0.05) is 50.2 Å². The maximum Gasteiger partial charge on any atom is 0.408 e. The lowest BCUT2D eigenvalue weighted by Crippen LogP contribution is -2.82. The van der Waals surface area contributed by atoms with Crippen molar-refractivity contribution in [3.05, 3.63) is 69.4 Å². The van der Waals surface area contributed by atoms with Crippen molar-refractivity contribution >= 4 is 47.1 Å². The average Bonchev–Trinajstić information content (AvgIpc) is 3.79. The molecule has 2 saturated carbocycles. The highest BCUT2D eigenvalue weighted by Crippen LogP contribution is 2.64. The number of aliphatic hydroxyl groups excluding tert-OH is 2. The van der Waals surface area contributed by atoms with E-state index in [9.17, 15) is 39.3 Å². The van der Waals surface area contributed by atoms with Crippen LogP contribution in [0.25, 0.3) is 0 Å². The van der Waals surface area contributed by atoms with Gasteiger partial charge in [-0.05, 0) is 62.4 Å². The molecule has 4 aliphatic rings. The van der Waals surface area contributed by atoms with E-state index in [1.54, 1.807) is 63.4 Å². The number of benzene rings is 1. The fourth-order valence-electron chi connectivity index (χ4n) is 10.1. The summed E-state index contributed by atoms with van der Waals surface area (Å²) in [5.41, 5.74) is -7.77. The van der Waals surface area contributed by atoms with Crippen LogP contribution in [-0.4, -0.2) is 138 Å². The molecule has 4 N–H and O–H groups in total. The van der Waals surface area contributed by atoms with E-state index >= 15 is 4.79 Å². The molecule has 356 valence electrons. The van der Waals surface area contributed by atoms with E-state index in [-0.39, 0.29) is 43.0 Å². The summed E-state index contributed by atoms with van der Waals surface area (Å²) in [4.78, 5) is 83.8. The van der Waals surface area contributed by atoms with Crippen molar-refractivity contribution < 1.29 is 82.0 Å². The first-order chi connectivity index (χ1) is 30.7. The number of hydrogen-bond acceptors (Lipinski definition) is 18. The zero-order valence-corrected chi connectivity index (χ0v) is 38.5. The molecule has 18 nitrogen and oxygen atoms in total. The lowest BCUT2D eigenvalue weighted by Gasteiger charge is -2.67. The molecule has 19 heteroatoms. The minimum Gasteiger partial charge on any atom is -0.456 e. The van der Waals surface area contributed by atoms with Crippen molar-refractivity contribution in [3.63, 3.8) is 0 Å². The van der Waals surface area contributed by atoms with Gasteiger partial charge in [-0.2, -0.15) is 0 Å². The summed E-state index contributed by atoms with van der Waals surface area (Å²) in [7, 11) is 0. The summed E-state index contributed by atoms with van der Waals surface area (Å²) in [6.07, 6.45) is -12.5. The summed E-state index contributed by atoms with van der Waals surface area (Å²) in [5, 5.41) is 41.8. The van der Waals surface area contributed by atoms with Gasteiger partial charge in [0.2, 0.25) is 0 Å². The van der Waals surface area contributed by atoms with Crippen molar-refractivity contribution in [2.24, 2.45) is 16.7 Å². The quantitative estimate of drug-likeness (QED) is 0.107. The largest absolute Gasteiger partial charge is 0.456 e. The molecule has 0 radical (unpaired) electrons. The number of carbonyl (C=O) groups is 6. The number of thiophene rings is 1. The second-order valence-corrected chi connectivity index (χ2v) is 18.6. The third-order valence-corrected chi connectivity index (χ3v) is 14.4. The number of aliphatic hydroxyl groups is 3. The van der Waals surface area contributed by atoms with Gasteiger partial charge in [-0.25, -0.2) is 14.4 Å². The third-order valence-electron chi connectivity index (χ3n) is 13.4. The summed E-state index contributed by atoms with van der Waals surface area (Å²) in [6.45, 7) is 12.2. The molecule has 9 unspecified atom stereocenters. The molecule has 6 rings (SSSR count). The third kappa shape index (κ3) is 9.20. The number of ketones is 1. The molecule has 1 saturated heterocycles. The summed E-state index contributed by atoms with van der Waals surface area (Å²) in [5.74, 6) is -6.36. The Labute approximate surface area is 380 Å². The van der Waals surface area contributed by atoms with E-state index in [1.807, 2.05) is 0 Å².